The molecule has 3 N–H and O–H groups in total. The Morgan fingerprint density at radius 2 is 2.23 bits per heavy atom. The maximum atomic E-state index is 11.9. The standard InChI is InChI=1S/C21H32N2O3/c1-21(2)20(25)17-16(23-21)11-14-10-15(24)12-26-19(14)18(17)22-9-8-13-6-4-3-5-7-13/h4,6-7,14,16-20,22-23,25H,3,5,8-12H2,1-2H3. The van der Waals surface area contributed by atoms with Gasteiger partial charge in [0.2, 0.25) is 0 Å². The van der Waals surface area contributed by atoms with Crippen molar-refractivity contribution in [2.75, 3.05) is 13.2 Å². The van der Waals surface area contributed by atoms with Gasteiger partial charge in [0, 0.05) is 30.0 Å². The number of ether oxygens (including phenoxy) is 1. The van der Waals surface area contributed by atoms with Crippen molar-refractivity contribution in [1.82, 2.24) is 10.6 Å². The molecule has 0 bridgehead atoms. The molecule has 0 spiro atoms. The molecule has 2 aliphatic heterocycles. The molecule has 6 atom stereocenters. The highest BCUT2D eigenvalue weighted by Crippen LogP contribution is 2.43. The minimum atomic E-state index is -0.416. The molecule has 5 heteroatoms. The molecule has 2 aliphatic carbocycles. The van der Waals surface area contributed by atoms with Crippen molar-refractivity contribution >= 4 is 5.78 Å². The van der Waals surface area contributed by atoms with Crippen molar-refractivity contribution in [2.24, 2.45) is 11.8 Å². The number of aliphatic hydroxyl groups excluding tert-OH is 1. The summed E-state index contributed by atoms with van der Waals surface area (Å²) in [5.74, 6) is 0.575. The SMILES string of the molecule is CC1(C)NC2CC3CC(=O)COC3C(NCCC3=CCCC=C3)C2C1O. The van der Waals surface area contributed by atoms with E-state index in [1.807, 2.05) is 0 Å². The minimum absolute atomic E-state index is 0.0233. The van der Waals surface area contributed by atoms with Crippen molar-refractivity contribution < 1.29 is 14.6 Å². The first-order valence-corrected chi connectivity index (χ1v) is 10.1. The van der Waals surface area contributed by atoms with E-state index < -0.39 is 6.10 Å². The van der Waals surface area contributed by atoms with Crippen LogP contribution in [0.4, 0.5) is 0 Å². The Bertz CT molecular complexity index is 612. The fraction of sp³-hybridized carbons (Fsp3) is 0.762. The molecule has 1 saturated carbocycles. The lowest BCUT2D eigenvalue weighted by atomic mass is 9.69. The van der Waals surface area contributed by atoms with Crippen LogP contribution in [0.15, 0.2) is 23.8 Å². The van der Waals surface area contributed by atoms with Crippen LogP contribution in [0, 0.1) is 11.8 Å². The summed E-state index contributed by atoms with van der Waals surface area (Å²) in [6.45, 7) is 5.23. The molecule has 0 radical (unpaired) electrons. The summed E-state index contributed by atoms with van der Waals surface area (Å²) >= 11 is 0. The van der Waals surface area contributed by atoms with E-state index in [1.54, 1.807) is 0 Å². The first-order chi connectivity index (χ1) is 12.5. The number of carbonyl (C=O) groups excluding carboxylic acids is 1. The summed E-state index contributed by atoms with van der Waals surface area (Å²) < 4.78 is 5.99. The lowest BCUT2D eigenvalue weighted by Gasteiger charge is -2.47. The number of allylic oxidation sites excluding steroid dienone is 3. The largest absolute Gasteiger partial charge is 0.391 e. The molecule has 0 aromatic rings. The van der Waals surface area contributed by atoms with Crippen LogP contribution in [-0.2, 0) is 9.53 Å². The topological polar surface area (TPSA) is 70.6 Å². The summed E-state index contributed by atoms with van der Waals surface area (Å²) in [7, 11) is 0. The van der Waals surface area contributed by atoms with E-state index in [9.17, 15) is 9.90 Å². The molecule has 3 fully saturated rings. The molecular formula is C21H32N2O3. The van der Waals surface area contributed by atoms with Crippen LogP contribution in [-0.4, -0.2) is 53.9 Å². The molecule has 4 aliphatic rings. The van der Waals surface area contributed by atoms with E-state index in [4.69, 9.17) is 4.74 Å². The van der Waals surface area contributed by atoms with Crippen LogP contribution in [0.2, 0.25) is 0 Å². The zero-order chi connectivity index (χ0) is 18.3. The Morgan fingerprint density at radius 3 is 3.00 bits per heavy atom. The Balaban J connectivity index is 1.49. The zero-order valence-corrected chi connectivity index (χ0v) is 15.9. The van der Waals surface area contributed by atoms with Gasteiger partial charge in [-0.15, -0.1) is 0 Å². The van der Waals surface area contributed by atoms with Gasteiger partial charge in [-0.2, -0.15) is 0 Å². The van der Waals surface area contributed by atoms with Gasteiger partial charge in [0.15, 0.2) is 5.78 Å². The molecule has 2 saturated heterocycles. The van der Waals surface area contributed by atoms with Gasteiger partial charge in [0.25, 0.3) is 0 Å². The molecule has 0 aromatic heterocycles. The molecule has 6 unspecified atom stereocenters. The van der Waals surface area contributed by atoms with Crippen LogP contribution in [0.3, 0.4) is 0 Å². The lowest BCUT2D eigenvalue weighted by molar-refractivity contribution is -0.146. The Morgan fingerprint density at radius 1 is 1.38 bits per heavy atom. The van der Waals surface area contributed by atoms with Gasteiger partial charge in [0.1, 0.15) is 6.61 Å². The third kappa shape index (κ3) is 3.42. The highest BCUT2D eigenvalue weighted by molar-refractivity contribution is 5.80. The average molecular weight is 360 g/mol. The van der Waals surface area contributed by atoms with Crippen LogP contribution < -0.4 is 10.6 Å². The highest BCUT2D eigenvalue weighted by atomic mass is 16.5. The summed E-state index contributed by atoms with van der Waals surface area (Å²) in [5.41, 5.74) is 1.08. The van der Waals surface area contributed by atoms with E-state index in [-0.39, 0.29) is 48.0 Å². The third-order valence-corrected chi connectivity index (χ3v) is 6.71. The maximum Gasteiger partial charge on any atom is 0.158 e. The number of carbonyl (C=O) groups is 1. The second-order valence-electron chi connectivity index (χ2n) is 9.00. The normalized spacial score (nSPS) is 41.5. The molecular weight excluding hydrogens is 328 g/mol. The minimum Gasteiger partial charge on any atom is -0.391 e. The number of ketones is 1. The van der Waals surface area contributed by atoms with Gasteiger partial charge >= 0.3 is 0 Å². The molecule has 5 nitrogen and oxygen atoms in total. The second-order valence-corrected chi connectivity index (χ2v) is 9.00. The van der Waals surface area contributed by atoms with Crippen molar-refractivity contribution in [2.45, 2.75) is 75.8 Å². The van der Waals surface area contributed by atoms with Crippen LogP contribution >= 0.6 is 0 Å². The van der Waals surface area contributed by atoms with Crippen molar-refractivity contribution in [3.63, 3.8) is 0 Å². The Labute approximate surface area is 156 Å². The Kier molecular flexibility index (Phi) is 5.08. The zero-order valence-electron chi connectivity index (χ0n) is 15.9. The van der Waals surface area contributed by atoms with Gasteiger partial charge in [-0.1, -0.05) is 23.8 Å². The van der Waals surface area contributed by atoms with E-state index in [0.29, 0.717) is 6.42 Å². The van der Waals surface area contributed by atoms with Crippen LogP contribution in [0.25, 0.3) is 0 Å². The predicted molar refractivity (Wildman–Crippen MR) is 101 cm³/mol. The van der Waals surface area contributed by atoms with Gasteiger partial charge in [-0.25, -0.2) is 0 Å². The molecule has 144 valence electrons. The molecule has 4 rings (SSSR count). The van der Waals surface area contributed by atoms with Gasteiger partial charge in [-0.05, 0) is 52.0 Å². The predicted octanol–water partition coefficient (Wildman–Crippen LogP) is 1.72. The Hall–Kier alpha value is -1.01. The molecule has 26 heavy (non-hydrogen) atoms. The fourth-order valence-corrected chi connectivity index (χ4v) is 5.46. The van der Waals surface area contributed by atoms with Gasteiger partial charge in [-0.3, -0.25) is 4.79 Å². The van der Waals surface area contributed by atoms with E-state index >= 15 is 0 Å². The summed E-state index contributed by atoms with van der Waals surface area (Å²) in [6.07, 6.45) is 11.2. The molecule has 2 heterocycles. The smallest absolute Gasteiger partial charge is 0.158 e. The number of hydrogen-bond donors (Lipinski definition) is 3. The van der Waals surface area contributed by atoms with E-state index in [1.165, 1.54) is 5.57 Å². The van der Waals surface area contributed by atoms with Crippen molar-refractivity contribution in [3.05, 3.63) is 23.8 Å². The lowest BCUT2D eigenvalue weighted by Crippen LogP contribution is -2.61. The number of hydrogen-bond acceptors (Lipinski definition) is 5. The summed E-state index contributed by atoms with van der Waals surface area (Å²) in [5, 5.41) is 18.3. The van der Waals surface area contributed by atoms with Crippen LogP contribution in [0.1, 0.15) is 46.0 Å². The van der Waals surface area contributed by atoms with Gasteiger partial charge in [0.05, 0.1) is 12.2 Å². The first kappa shape index (κ1) is 18.4. The van der Waals surface area contributed by atoms with Crippen LogP contribution in [0.5, 0.6) is 0 Å². The molecule has 0 amide bonds. The first-order valence-electron chi connectivity index (χ1n) is 10.1. The maximum absolute atomic E-state index is 11.9. The second kappa shape index (κ2) is 7.19. The highest BCUT2D eigenvalue weighted by Gasteiger charge is 2.57. The number of fused-ring (bicyclic) bond motifs is 2. The third-order valence-electron chi connectivity index (χ3n) is 6.71. The quantitative estimate of drug-likeness (QED) is 0.712. The number of rotatable bonds is 4. The van der Waals surface area contributed by atoms with Gasteiger partial charge < -0.3 is 20.5 Å². The van der Waals surface area contributed by atoms with E-state index in [2.05, 4.69) is 42.7 Å². The number of aliphatic hydroxyl groups is 1. The number of Topliss-reactive ketones (excluding diaryl/α,β-unsaturated/α-hetero) is 1. The van der Waals surface area contributed by atoms with Crippen molar-refractivity contribution in [3.8, 4) is 0 Å². The number of nitrogens with one attached hydrogen (secondary N) is 2. The summed E-state index contributed by atoms with van der Waals surface area (Å²) in [6, 6.07) is 0.325. The average Bonchev–Trinajstić information content (AvgIpc) is 2.84. The monoisotopic (exact) mass is 360 g/mol. The molecule has 0 aromatic carbocycles. The van der Waals surface area contributed by atoms with E-state index in [0.717, 1.165) is 32.2 Å². The summed E-state index contributed by atoms with van der Waals surface area (Å²) in [4.78, 5) is 11.9. The van der Waals surface area contributed by atoms with Crippen molar-refractivity contribution in [1.29, 1.82) is 0 Å². The fourth-order valence-electron chi connectivity index (χ4n) is 5.46.